The van der Waals surface area contributed by atoms with Crippen LogP contribution in [0.4, 0.5) is 5.69 Å². The molecule has 0 aromatic heterocycles. The van der Waals surface area contributed by atoms with Gasteiger partial charge in [-0.15, -0.1) is 0 Å². The van der Waals surface area contributed by atoms with Gasteiger partial charge in [0, 0.05) is 13.1 Å². The van der Waals surface area contributed by atoms with Gasteiger partial charge in [-0.05, 0) is 43.2 Å². The Labute approximate surface area is 210 Å². The Morgan fingerprint density at radius 3 is 2.26 bits per heavy atom. The number of likely N-dealkylation sites (N-methyl/N-ethyl adjacent to an activating group) is 1. The van der Waals surface area contributed by atoms with E-state index < -0.39 is 28.5 Å². The molecule has 0 saturated heterocycles. The van der Waals surface area contributed by atoms with Crippen LogP contribution in [-0.4, -0.2) is 57.6 Å². The van der Waals surface area contributed by atoms with Gasteiger partial charge in [0.1, 0.15) is 18.3 Å². The summed E-state index contributed by atoms with van der Waals surface area (Å²) in [5.74, 6) is -0.231. The first-order valence-electron chi connectivity index (χ1n) is 10.6. The second kappa shape index (κ2) is 12.3. The minimum Gasteiger partial charge on any atom is -0.497 e. The van der Waals surface area contributed by atoms with Gasteiger partial charge < -0.3 is 15.0 Å². The Morgan fingerprint density at radius 2 is 1.74 bits per heavy atom. The van der Waals surface area contributed by atoms with Gasteiger partial charge in [-0.25, -0.2) is 8.42 Å². The number of nitrogens with zero attached hydrogens (tertiary/aromatic N) is 2. The molecule has 2 amide bonds. The third-order valence-corrected chi connectivity index (χ3v) is 7.06. The van der Waals surface area contributed by atoms with E-state index in [1.807, 2.05) is 0 Å². The van der Waals surface area contributed by atoms with Crippen molar-refractivity contribution in [2.24, 2.45) is 0 Å². The topological polar surface area (TPSA) is 96.0 Å². The minimum atomic E-state index is -3.90. The number of nitrogens with one attached hydrogen (secondary N) is 1. The van der Waals surface area contributed by atoms with Crippen LogP contribution in [0.5, 0.6) is 5.75 Å². The van der Waals surface area contributed by atoms with Crippen molar-refractivity contribution >= 4 is 50.7 Å². The lowest BCUT2D eigenvalue weighted by Crippen LogP contribution is -2.52. The second-order valence-corrected chi connectivity index (χ2v) is 10.2. The van der Waals surface area contributed by atoms with Gasteiger partial charge in [-0.2, -0.15) is 0 Å². The van der Waals surface area contributed by atoms with E-state index in [9.17, 15) is 18.0 Å². The molecule has 0 bridgehead atoms. The predicted octanol–water partition coefficient (Wildman–Crippen LogP) is 3.71. The molecule has 2 aromatic rings. The van der Waals surface area contributed by atoms with Crippen molar-refractivity contribution in [3.05, 3.63) is 58.1 Å². The molecule has 1 atom stereocenters. The summed E-state index contributed by atoms with van der Waals surface area (Å²) in [4.78, 5) is 27.7. The number of amides is 2. The third kappa shape index (κ3) is 7.01. The van der Waals surface area contributed by atoms with Gasteiger partial charge in [-0.1, -0.05) is 48.3 Å². The summed E-state index contributed by atoms with van der Waals surface area (Å²) in [6.45, 7) is 3.51. The van der Waals surface area contributed by atoms with E-state index in [2.05, 4.69) is 5.32 Å². The van der Waals surface area contributed by atoms with Gasteiger partial charge in [0.15, 0.2) is 0 Å². The number of hydrogen-bond acceptors (Lipinski definition) is 5. The number of methoxy groups -OCH3 is 1. The number of hydrogen-bond donors (Lipinski definition) is 1. The molecule has 0 heterocycles. The van der Waals surface area contributed by atoms with Gasteiger partial charge in [0.05, 0.1) is 29.1 Å². The van der Waals surface area contributed by atoms with Crippen molar-refractivity contribution in [3.63, 3.8) is 0 Å². The van der Waals surface area contributed by atoms with Gasteiger partial charge in [0.25, 0.3) is 0 Å². The van der Waals surface area contributed by atoms with Crippen molar-refractivity contribution in [2.75, 3.05) is 30.8 Å². The Kier molecular flexibility index (Phi) is 10.0. The molecule has 1 N–H and O–H groups in total. The molecule has 11 heteroatoms. The van der Waals surface area contributed by atoms with Gasteiger partial charge in [0.2, 0.25) is 21.8 Å². The average molecular weight is 530 g/mol. The fourth-order valence-electron chi connectivity index (χ4n) is 3.42. The minimum absolute atomic E-state index is 0.0138. The molecular formula is C23H29Cl2N3O5S. The highest BCUT2D eigenvalue weighted by Gasteiger charge is 2.32. The largest absolute Gasteiger partial charge is 0.497 e. The number of benzene rings is 2. The molecule has 8 nitrogen and oxygen atoms in total. The first-order chi connectivity index (χ1) is 16.0. The summed E-state index contributed by atoms with van der Waals surface area (Å²) in [5.41, 5.74) is 0.837. The maximum atomic E-state index is 13.5. The Morgan fingerprint density at radius 1 is 1.09 bits per heavy atom. The molecule has 0 aliphatic carbocycles. The number of sulfonamides is 1. The molecule has 0 unspecified atom stereocenters. The van der Waals surface area contributed by atoms with Crippen LogP contribution in [0.1, 0.15) is 25.8 Å². The second-order valence-electron chi connectivity index (χ2n) is 7.53. The normalized spacial score (nSPS) is 12.1. The molecule has 0 fully saturated rings. The van der Waals surface area contributed by atoms with E-state index >= 15 is 0 Å². The standard InChI is InChI=1S/C23H29Cl2N3O5S/c1-5-19(23(30)26-6-2)27(14-16-10-12-17(33-3)13-11-16)21(29)15-28(34(4,31)32)20-9-7-8-18(24)22(20)25/h7-13,19H,5-6,14-15H2,1-4H3,(H,26,30)/t19-/m0/s1. The fraction of sp³-hybridized carbons (Fsp3) is 0.391. The molecule has 0 spiro atoms. The van der Waals surface area contributed by atoms with Crippen molar-refractivity contribution in [2.45, 2.75) is 32.9 Å². The molecule has 34 heavy (non-hydrogen) atoms. The van der Waals surface area contributed by atoms with E-state index in [1.54, 1.807) is 51.3 Å². The number of halogens is 2. The zero-order chi connectivity index (χ0) is 25.5. The monoisotopic (exact) mass is 529 g/mol. The summed E-state index contributed by atoms with van der Waals surface area (Å²) < 4.78 is 31.3. The van der Waals surface area contributed by atoms with Crippen LogP contribution in [0.3, 0.4) is 0 Å². The van der Waals surface area contributed by atoms with Gasteiger partial charge in [-0.3, -0.25) is 13.9 Å². The highest BCUT2D eigenvalue weighted by Crippen LogP contribution is 2.33. The zero-order valence-corrected chi connectivity index (χ0v) is 21.9. The average Bonchev–Trinajstić information content (AvgIpc) is 2.79. The van der Waals surface area contributed by atoms with E-state index in [-0.39, 0.29) is 28.2 Å². The first-order valence-corrected chi connectivity index (χ1v) is 13.3. The van der Waals surface area contributed by atoms with Crippen molar-refractivity contribution < 1.29 is 22.7 Å². The molecule has 186 valence electrons. The number of ether oxygens (including phenoxy) is 1. The van der Waals surface area contributed by atoms with Crippen LogP contribution in [-0.2, 0) is 26.2 Å². The van der Waals surface area contributed by atoms with E-state index in [4.69, 9.17) is 27.9 Å². The number of carbonyl (C=O) groups excluding carboxylic acids is 2. The number of rotatable bonds is 11. The van der Waals surface area contributed by atoms with Crippen LogP contribution >= 0.6 is 23.2 Å². The van der Waals surface area contributed by atoms with Gasteiger partial charge >= 0.3 is 0 Å². The van der Waals surface area contributed by atoms with Crippen LogP contribution in [0.25, 0.3) is 0 Å². The maximum Gasteiger partial charge on any atom is 0.244 e. The lowest BCUT2D eigenvalue weighted by molar-refractivity contribution is -0.140. The zero-order valence-electron chi connectivity index (χ0n) is 19.5. The molecule has 2 rings (SSSR count). The lowest BCUT2D eigenvalue weighted by atomic mass is 10.1. The van der Waals surface area contributed by atoms with Crippen molar-refractivity contribution in [3.8, 4) is 5.75 Å². The predicted molar refractivity (Wildman–Crippen MR) is 135 cm³/mol. The van der Waals surface area contributed by atoms with Crippen molar-refractivity contribution in [1.29, 1.82) is 0 Å². The van der Waals surface area contributed by atoms with Crippen LogP contribution in [0.15, 0.2) is 42.5 Å². The molecule has 0 saturated carbocycles. The van der Waals surface area contributed by atoms with Crippen LogP contribution in [0.2, 0.25) is 10.0 Å². The maximum absolute atomic E-state index is 13.5. The van der Waals surface area contributed by atoms with Crippen molar-refractivity contribution in [1.82, 2.24) is 10.2 Å². The molecule has 0 radical (unpaired) electrons. The summed E-state index contributed by atoms with van der Waals surface area (Å²) in [6, 6.07) is 10.8. The first kappa shape index (κ1) is 27.8. The molecular weight excluding hydrogens is 501 g/mol. The highest BCUT2D eigenvalue weighted by atomic mass is 35.5. The van der Waals surface area contributed by atoms with E-state index in [1.165, 1.54) is 17.0 Å². The number of carbonyl (C=O) groups is 2. The number of anilines is 1. The summed E-state index contributed by atoms with van der Waals surface area (Å²) >= 11 is 12.3. The summed E-state index contributed by atoms with van der Waals surface area (Å²) in [5, 5.41) is 2.91. The van der Waals surface area contributed by atoms with Crippen LogP contribution < -0.4 is 14.4 Å². The molecule has 0 aliphatic heterocycles. The fourth-order valence-corrected chi connectivity index (χ4v) is 4.72. The SMILES string of the molecule is CCNC(=O)[C@H](CC)N(Cc1ccc(OC)cc1)C(=O)CN(c1cccc(Cl)c1Cl)S(C)(=O)=O. The van der Waals surface area contributed by atoms with E-state index in [0.29, 0.717) is 18.7 Å². The Balaban J connectivity index is 2.46. The Hall–Kier alpha value is -2.49. The lowest BCUT2D eigenvalue weighted by Gasteiger charge is -2.33. The summed E-state index contributed by atoms with van der Waals surface area (Å²) in [6.07, 6.45) is 1.32. The third-order valence-electron chi connectivity index (χ3n) is 5.13. The summed E-state index contributed by atoms with van der Waals surface area (Å²) in [7, 11) is -2.36. The molecule has 2 aromatic carbocycles. The highest BCUT2D eigenvalue weighted by molar-refractivity contribution is 7.92. The van der Waals surface area contributed by atoms with Crippen LogP contribution in [0, 0.1) is 0 Å². The Bertz CT molecular complexity index is 1110. The smallest absolute Gasteiger partial charge is 0.244 e. The molecule has 0 aliphatic rings. The quantitative estimate of drug-likeness (QED) is 0.478. The van der Waals surface area contributed by atoms with E-state index in [0.717, 1.165) is 16.1 Å².